The number of rotatable bonds is 2. The highest BCUT2D eigenvalue weighted by atomic mass is 127. The summed E-state index contributed by atoms with van der Waals surface area (Å²) in [7, 11) is 0. The van der Waals surface area contributed by atoms with E-state index in [1.807, 2.05) is 18.2 Å². The molecule has 0 saturated carbocycles. The van der Waals surface area contributed by atoms with Crippen molar-refractivity contribution in [3.05, 3.63) is 65.6 Å². The van der Waals surface area contributed by atoms with Crippen LogP contribution in [0.15, 0.2) is 40.9 Å². The Hall–Kier alpha value is -0.100. The van der Waals surface area contributed by atoms with Gasteiger partial charge in [-0.1, -0.05) is 39.1 Å². The van der Waals surface area contributed by atoms with E-state index in [9.17, 15) is 4.79 Å². The number of halogens is 4. The number of carbonyl (C=O) groups is 1. The van der Waals surface area contributed by atoms with Gasteiger partial charge in [0.25, 0.3) is 0 Å². The van der Waals surface area contributed by atoms with E-state index in [2.05, 4.69) is 38.5 Å². The summed E-state index contributed by atoms with van der Waals surface area (Å²) < 4.78 is 1.74. The largest absolute Gasteiger partial charge is 0.289 e. The molecular weight excluding hydrogens is 450 g/mol. The van der Waals surface area contributed by atoms with E-state index in [1.54, 1.807) is 18.2 Å². The molecule has 0 unspecified atom stereocenters. The van der Waals surface area contributed by atoms with Gasteiger partial charge in [-0.25, -0.2) is 0 Å². The molecule has 1 nitrogen and oxygen atoms in total. The Balaban J connectivity index is 2.51. The third kappa shape index (κ3) is 3.07. The molecule has 92 valence electrons. The van der Waals surface area contributed by atoms with Gasteiger partial charge in [-0.15, -0.1) is 0 Å². The van der Waals surface area contributed by atoms with Crippen LogP contribution in [0.4, 0.5) is 0 Å². The first-order valence-corrected chi connectivity index (χ1v) is 7.56. The third-order valence-electron chi connectivity index (χ3n) is 2.35. The first-order valence-electron chi connectivity index (χ1n) is 4.94. The molecule has 0 N–H and O–H groups in total. The number of ketones is 1. The van der Waals surface area contributed by atoms with Gasteiger partial charge in [0.15, 0.2) is 5.78 Å². The Morgan fingerprint density at radius 3 is 2.44 bits per heavy atom. The van der Waals surface area contributed by atoms with Gasteiger partial charge in [0.05, 0.1) is 5.02 Å². The van der Waals surface area contributed by atoms with Crippen molar-refractivity contribution >= 4 is 67.5 Å². The zero-order chi connectivity index (χ0) is 13.3. The molecule has 0 saturated heterocycles. The Morgan fingerprint density at radius 2 is 1.78 bits per heavy atom. The van der Waals surface area contributed by atoms with Gasteiger partial charge in [-0.3, -0.25) is 4.79 Å². The molecule has 0 heterocycles. The SMILES string of the molecule is O=C(c1ccc(Cl)cc1Cl)c1cc(I)ccc1Br. The normalized spacial score (nSPS) is 10.4. The molecule has 0 amide bonds. The van der Waals surface area contributed by atoms with E-state index < -0.39 is 0 Å². The minimum atomic E-state index is -0.123. The molecule has 0 spiro atoms. The lowest BCUT2D eigenvalue weighted by Gasteiger charge is -2.06. The van der Waals surface area contributed by atoms with Crippen molar-refractivity contribution < 1.29 is 4.79 Å². The monoisotopic (exact) mass is 454 g/mol. The fraction of sp³-hybridized carbons (Fsp3) is 0. The highest BCUT2D eigenvalue weighted by Gasteiger charge is 2.16. The molecule has 2 aromatic carbocycles. The minimum Gasteiger partial charge on any atom is -0.289 e. The Bertz CT molecular complexity index is 628. The lowest BCUT2D eigenvalue weighted by molar-refractivity contribution is 0.103. The van der Waals surface area contributed by atoms with Crippen molar-refractivity contribution in [1.82, 2.24) is 0 Å². The molecule has 0 aliphatic heterocycles. The van der Waals surface area contributed by atoms with Crippen LogP contribution in [0.25, 0.3) is 0 Å². The number of hydrogen-bond donors (Lipinski definition) is 0. The molecule has 2 aromatic rings. The topological polar surface area (TPSA) is 17.1 Å². The van der Waals surface area contributed by atoms with Crippen molar-refractivity contribution in [1.29, 1.82) is 0 Å². The quantitative estimate of drug-likeness (QED) is 0.426. The zero-order valence-corrected chi connectivity index (χ0v) is 14.1. The van der Waals surface area contributed by atoms with Crippen LogP contribution >= 0.6 is 61.7 Å². The maximum absolute atomic E-state index is 12.4. The summed E-state index contributed by atoms with van der Waals surface area (Å²) in [6.45, 7) is 0. The van der Waals surface area contributed by atoms with Gasteiger partial charge in [0, 0.05) is 24.2 Å². The molecule has 0 atom stereocenters. The van der Waals surface area contributed by atoms with Gasteiger partial charge in [0.1, 0.15) is 0 Å². The molecular formula is C13H6BrCl2IO. The van der Waals surface area contributed by atoms with Crippen molar-refractivity contribution in [2.45, 2.75) is 0 Å². The number of carbonyl (C=O) groups excluding carboxylic acids is 1. The first kappa shape index (κ1) is 14.3. The highest BCUT2D eigenvalue weighted by Crippen LogP contribution is 2.27. The number of hydrogen-bond acceptors (Lipinski definition) is 1. The smallest absolute Gasteiger partial charge is 0.195 e. The van der Waals surface area contributed by atoms with Gasteiger partial charge >= 0.3 is 0 Å². The van der Waals surface area contributed by atoms with Crippen LogP contribution in [0.1, 0.15) is 15.9 Å². The molecule has 0 aliphatic rings. The summed E-state index contributed by atoms with van der Waals surface area (Å²) in [5.41, 5.74) is 1.04. The molecule has 0 bridgehead atoms. The van der Waals surface area contributed by atoms with Gasteiger partial charge < -0.3 is 0 Å². The Kier molecular flexibility index (Phi) is 4.69. The molecule has 18 heavy (non-hydrogen) atoms. The number of benzene rings is 2. The molecule has 0 aromatic heterocycles. The van der Waals surface area contributed by atoms with Crippen LogP contribution in [0.3, 0.4) is 0 Å². The summed E-state index contributed by atoms with van der Waals surface area (Å²) in [6.07, 6.45) is 0. The van der Waals surface area contributed by atoms with E-state index in [0.29, 0.717) is 21.2 Å². The van der Waals surface area contributed by atoms with Crippen molar-refractivity contribution in [3.8, 4) is 0 Å². The molecule has 0 radical (unpaired) electrons. The fourth-order valence-corrected chi connectivity index (χ4v) is 2.90. The lowest BCUT2D eigenvalue weighted by atomic mass is 10.0. The first-order chi connectivity index (χ1) is 8.49. The summed E-state index contributed by atoms with van der Waals surface area (Å²) in [5, 5.41) is 0.872. The van der Waals surface area contributed by atoms with Crippen LogP contribution < -0.4 is 0 Å². The predicted molar refractivity (Wildman–Crippen MR) is 86.8 cm³/mol. The van der Waals surface area contributed by atoms with Crippen LogP contribution in [-0.4, -0.2) is 5.78 Å². The standard InChI is InChI=1S/C13H6BrCl2IO/c14-11-4-2-8(17)6-10(11)13(18)9-3-1-7(15)5-12(9)16/h1-6H. The van der Waals surface area contributed by atoms with E-state index in [4.69, 9.17) is 23.2 Å². The van der Waals surface area contributed by atoms with Crippen LogP contribution in [0.5, 0.6) is 0 Å². The second-order valence-corrected chi connectivity index (χ2v) is 6.52. The van der Waals surface area contributed by atoms with E-state index in [-0.39, 0.29) is 5.78 Å². The second kappa shape index (κ2) is 5.90. The summed E-state index contributed by atoms with van der Waals surface area (Å²) in [5.74, 6) is -0.123. The third-order valence-corrected chi connectivity index (χ3v) is 4.26. The van der Waals surface area contributed by atoms with Gasteiger partial charge in [-0.05, 0) is 59.0 Å². The fourth-order valence-electron chi connectivity index (χ4n) is 1.49. The van der Waals surface area contributed by atoms with Gasteiger partial charge in [0.2, 0.25) is 0 Å². The summed E-state index contributed by atoms with van der Waals surface area (Å²) in [6, 6.07) is 10.4. The van der Waals surface area contributed by atoms with Crippen molar-refractivity contribution in [3.63, 3.8) is 0 Å². The lowest BCUT2D eigenvalue weighted by Crippen LogP contribution is -2.03. The molecule has 5 heteroatoms. The summed E-state index contributed by atoms with van der Waals surface area (Å²) in [4.78, 5) is 12.4. The van der Waals surface area contributed by atoms with E-state index in [0.717, 1.165) is 8.04 Å². The average Bonchev–Trinajstić information content (AvgIpc) is 2.31. The predicted octanol–water partition coefficient (Wildman–Crippen LogP) is 5.59. The average molecular weight is 456 g/mol. The Labute approximate surface area is 137 Å². The second-order valence-electron chi connectivity index (χ2n) is 3.58. The van der Waals surface area contributed by atoms with Crippen LogP contribution in [0, 0.1) is 3.57 Å². The maximum Gasteiger partial charge on any atom is 0.195 e. The van der Waals surface area contributed by atoms with E-state index >= 15 is 0 Å². The van der Waals surface area contributed by atoms with Crippen LogP contribution in [0.2, 0.25) is 10.0 Å². The summed E-state index contributed by atoms with van der Waals surface area (Å²) >= 11 is 17.4. The van der Waals surface area contributed by atoms with Crippen molar-refractivity contribution in [2.24, 2.45) is 0 Å². The molecule has 2 rings (SSSR count). The molecule has 0 aliphatic carbocycles. The Morgan fingerprint density at radius 1 is 1.06 bits per heavy atom. The van der Waals surface area contributed by atoms with Crippen LogP contribution in [-0.2, 0) is 0 Å². The van der Waals surface area contributed by atoms with Crippen molar-refractivity contribution in [2.75, 3.05) is 0 Å². The molecule has 0 fully saturated rings. The van der Waals surface area contributed by atoms with Gasteiger partial charge in [-0.2, -0.15) is 0 Å². The zero-order valence-electron chi connectivity index (χ0n) is 8.88. The highest BCUT2D eigenvalue weighted by molar-refractivity contribution is 14.1. The van der Waals surface area contributed by atoms with E-state index in [1.165, 1.54) is 0 Å². The maximum atomic E-state index is 12.4. The minimum absolute atomic E-state index is 0.123.